The molecule has 0 fully saturated rings. The average Bonchev–Trinajstić information content (AvgIpc) is 2.68. The Balaban J connectivity index is 2.17. The number of ether oxygens (including phenoxy) is 1. The van der Waals surface area contributed by atoms with Crippen LogP contribution in [0.5, 0.6) is 5.75 Å². The first kappa shape index (κ1) is 18.4. The maximum absolute atomic E-state index is 15.0. The van der Waals surface area contributed by atoms with Crippen LogP contribution in [-0.2, 0) is 5.60 Å². The van der Waals surface area contributed by atoms with E-state index in [2.05, 4.69) is 13.5 Å². The third-order valence-electron chi connectivity index (χ3n) is 5.19. The molecule has 0 saturated carbocycles. The Morgan fingerprint density at radius 2 is 1.85 bits per heavy atom. The Morgan fingerprint density at radius 1 is 1.15 bits per heavy atom. The van der Waals surface area contributed by atoms with E-state index >= 15 is 4.39 Å². The maximum atomic E-state index is 15.0. The van der Waals surface area contributed by atoms with Gasteiger partial charge in [0.25, 0.3) is 0 Å². The zero-order valence-corrected chi connectivity index (χ0v) is 15.2. The van der Waals surface area contributed by atoms with Gasteiger partial charge in [0.2, 0.25) is 0 Å². The smallest absolute Gasteiger partial charge is 0.177 e. The number of hydrogen-bond donors (Lipinski definition) is 0. The lowest BCUT2D eigenvalue weighted by molar-refractivity contribution is -0.0305. The van der Waals surface area contributed by atoms with Crippen molar-refractivity contribution >= 4 is 5.78 Å². The molecule has 0 aromatic heterocycles. The molecular formula is C23H25FO2. The zero-order chi connectivity index (χ0) is 18.6. The number of rotatable bonds is 7. The van der Waals surface area contributed by atoms with Gasteiger partial charge in [0.05, 0.1) is 5.56 Å². The summed E-state index contributed by atoms with van der Waals surface area (Å²) in [6, 6.07) is 16.7. The van der Waals surface area contributed by atoms with Crippen LogP contribution < -0.4 is 4.74 Å². The number of benzene rings is 2. The molecule has 1 aliphatic heterocycles. The molecule has 2 aromatic carbocycles. The molecule has 3 atom stereocenters. The standard InChI is InChI=1S/C23H25FO2/c1-3-5-11-16-23(17-12-7-6-8-13-17)21(19(24)4-2)22(25)18-14-9-10-15-20(18)26-23/h4,6-10,12-15,19,21H,2-3,5,11,16H2,1H3. The van der Waals surface area contributed by atoms with E-state index < -0.39 is 17.7 Å². The van der Waals surface area contributed by atoms with Crippen LogP contribution >= 0.6 is 0 Å². The molecule has 0 radical (unpaired) electrons. The third kappa shape index (κ3) is 3.18. The Hall–Kier alpha value is -2.42. The van der Waals surface area contributed by atoms with Crippen molar-refractivity contribution in [1.82, 2.24) is 0 Å². The van der Waals surface area contributed by atoms with Gasteiger partial charge in [-0.15, -0.1) is 6.58 Å². The lowest BCUT2D eigenvalue weighted by atomic mass is 9.70. The topological polar surface area (TPSA) is 26.3 Å². The lowest BCUT2D eigenvalue weighted by Gasteiger charge is -2.45. The van der Waals surface area contributed by atoms with Crippen LogP contribution in [0.2, 0.25) is 0 Å². The number of unbranched alkanes of at least 4 members (excludes halogenated alkanes) is 2. The minimum absolute atomic E-state index is 0.209. The molecular weight excluding hydrogens is 327 g/mol. The fraction of sp³-hybridized carbons (Fsp3) is 0.348. The van der Waals surface area contributed by atoms with E-state index in [1.54, 1.807) is 18.2 Å². The molecule has 26 heavy (non-hydrogen) atoms. The van der Waals surface area contributed by atoms with Crippen LogP contribution in [0.15, 0.2) is 67.3 Å². The number of Topliss-reactive ketones (excluding diaryl/α,β-unsaturated/α-hetero) is 1. The van der Waals surface area contributed by atoms with Crippen LogP contribution in [0.25, 0.3) is 0 Å². The monoisotopic (exact) mass is 352 g/mol. The summed E-state index contributed by atoms with van der Waals surface area (Å²) in [5, 5.41) is 0. The van der Waals surface area contributed by atoms with Crippen LogP contribution in [0.4, 0.5) is 4.39 Å². The first-order valence-electron chi connectivity index (χ1n) is 9.28. The van der Waals surface area contributed by atoms with Gasteiger partial charge in [0.15, 0.2) is 5.78 Å². The zero-order valence-electron chi connectivity index (χ0n) is 15.2. The van der Waals surface area contributed by atoms with E-state index in [1.165, 1.54) is 6.08 Å². The molecule has 2 nitrogen and oxygen atoms in total. The first-order valence-corrected chi connectivity index (χ1v) is 9.28. The van der Waals surface area contributed by atoms with E-state index in [-0.39, 0.29) is 5.78 Å². The molecule has 0 saturated heterocycles. The van der Waals surface area contributed by atoms with E-state index in [9.17, 15) is 4.79 Å². The summed E-state index contributed by atoms with van der Waals surface area (Å²) in [4.78, 5) is 13.3. The van der Waals surface area contributed by atoms with Crippen molar-refractivity contribution in [3.63, 3.8) is 0 Å². The van der Waals surface area contributed by atoms with Gasteiger partial charge in [0.1, 0.15) is 23.4 Å². The second-order valence-corrected chi connectivity index (χ2v) is 6.83. The van der Waals surface area contributed by atoms with Crippen molar-refractivity contribution < 1.29 is 13.9 Å². The van der Waals surface area contributed by atoms with Crippen LogP contribution in [0.1, 0.15) is 48.5 Å². The number of carbonyl (C=O) groups is 1. The highest BCUT2D eigenvalue weighted by Gasteiger charge is 2.53. The molecule has 2 aromatic rings. The molecule has 0 aliphatic carbocycles. The summed E-state index contributed by atoms with van der Waals surface area (Å²) in [5.41, 5.74) is 0.271. The highest BCUT2D eigenvalue weighted by atomic mass is 19.1. The summed E-state index contributed by atoms with van der Waals surface area (Å²) in [5.74, 6) is -0.612. The first-order chi connectivity index (χ1) is 12.6. The van der Waals surface area contributed by atoms with Crippen molar-refractivity contribution in [1.29, 1.82) is 0 Å². The molecule has 1 heterocycles. The minimum Gasteiger partial charge on any atom is -0.481 e. The molecule has 0 spiro atoms. The number of alkyl halides is 1. The predicted octanol–water partition coefficient (Wildman–Crippen LogP) is 5.88. The van der Waals surface area contributed by atoms with Gasteiger partial charge < -0.3 is 4.74 Å². The van der Waals surface area contributed by atoms with E-state index in [0.29, 0.717) is 17.7 Å². The van der Waals surface area contributed by atoms with Gasteiger partial charge in [-0.2, -0.15) is 0 Å². The number of hydrogen-bond acceptors (Lipinski definition) is 2. The number of para-hydroxylation sites is 1. The fourth-order valence-electron chi connectivity index (χ4n) is 3.88. The molecule has 0 amide bonds. The number of carbonyl (C=O) groups excluding carboxylic acids is 1. The quantitative estimate of drug-likeness (QED) is 0.459. The van der Waals surface area contributed by atoms with Gasteiger partial charge in [-0.05, 0) is 30.5 Å². The van der Waals surface area contributed by atoms with Crippen molar-refractivity contribution in [3.05, 3.63) is 78.4 Å². The lowest BCUT2D eigenvalue weighted by Crippen LogP contribution is -2.51. The van der Waals surface area contributed by atoms with Crippen molar-refractivity contribution in [3.8, 4) is 5.75 Å². The minimum atomic E-state index is -1.47. The SMILES string of the molecule is C=CC(F)C1C(=O)c2ccccc2OC1(CCCCC)c1ccccc1. The van der Waals surface area contributed by atoms with E-state index in [1.807, 2.05) is 36.4 Å². The Labute approximate surface area is 154 Å². The molecule has 136 valence electrons. The molecule has 0 bridgehead atoms. The molecule has 0 N–H and O–H groups in total. The number of ketones is 1. The Morgan fingerprint density at radius 3 is 2.54 bits per heavy atom. The Kier molecular flexibility index (Phi) is 5.55. The average molecular weight is 352 g/mol. The summed E-state index contributed by atoms with van der Waals surface area (Å²) in [6.07, 6.45) is 3.24. The van der Waals surface area contributed by atoms with Gasteiger partial charge in [-0.25, -0.2) is 4.39 Å². The van der Waals surface area contributed by atoms with Crippen LogP contribution in [0, 0.1) is 5.92 Å². The number of fused-ring (bicyclic) bond motifs is 1. The second kappa shape index (κ2) is 7.86. The second-order valence-electron chi connectivity index (χ2n) is 6.83. The van der Waals surface area contributed by atoms with Gasteiger partial charge >= 0.3 is 0 Å². The Bertz CT molecular complexity index is 771. The maximum Gasteiger partial charge on any atom is 0.177 e. The normalized spacial score (nSPS) is 23.0. The van der Waals surface area contributed by atoms with Gasteiger partial charge in [-0.3, -0.25) is 4.79 Å². The largest absolute Gasteiger partial charge is 0.481 e. The molecule has 3 heteroatoms. The molecule has 1 aliphatic rings. The number of halogens is 1. The van der Waals surface area contributed by atoms with Crippen molar-refractivity contribution in [2.45, 2.75) is 44.4 Å². The van der Waals surface area contributed by atoms with E-state index in [4.69, 9.17) is 4.74 Å². The molecule has 3 unspecified atom stereocenters. The highest BCUT2D eigenvalue weighted by Crippen LogP contribution is 2.48. The van der Waals surface area contributed by atoms with Crippen LogP contribution in [-0.4, -0.2) is 12.0 Å². The number of allylic oxidation sites excluding steroid dienone is 1. The van der Waals surface area contributed by atoms with Crippen LogP contribution in [0.3, 0.4) is 0 Å². The summed E-state index contributed by atoms with van der Waals surface area (Å²) in [6.45, 7) is 5.72. The fourth-order valence-corrected chi connectivity index (χ4v) is 3.88. The third-order valence-corrected chi connectivity index (χ3v) is 5.19. The van der Waals surface area contributed by atoms with E-state index in [0.717, 1.165) is 24.8 Å². The highest BCUT2D eigenvalue weighted by molar-refractivity contribution is 6.02. The summed E-state index contributed by atoms with van der Waals surface area (Å²) in [7, 11) is 0. The van der Waals surface area contributed by atoms with Crippen molar-refractivity contribution in [2.75, 3.05) is 0 Å². The predicted molar refractivity (Wildman–Crippen MR) is 102 cm³/mol. The van der Waals surface area contributed by atoms with Gasteiger partial charge in [-0.1, -0.05) is 68.3 Å². The van der Waals surface area contributed by atoms with Crippen molar-refractivity contribution in [2.24, 2.45) is 5.92 Å². The summed E-state index contributed by atoms with van der Waals surface area (Å²) >= 11 is 0. The molecule has 3 rings (SSSR count). The van der Waals surface area contributed by atoms with Gasteiger partial charge in [0, 0.05) is 0 Å². The summed E-state index contributed by atoms with van der Waals surface area (Å²) < 4.78 is 21.5.